The Balaban J connectivity index is 2.35. The van der Waals surface area contributed by atoms with Crippen molar-refractivity contribution >= 4 is 43.5 Å². The van der Waals surface area contributed by atoms with E-state index < -0.39 is 10.1 Å². The first-order chi connectivity index (χ1) is 9.96. The highest BCUT2D eigenvalue weighted by molar-refractivity contribution is 9.11. The van der Waals surface area contributed by atoms with Gasteiger partial charge in [0.15, 0.2) is 15.7 Å². The predicted octanol–water partition coefficient (Wildman–Crippen LogP) is 4.32. The van der Waals surface area contributed by atoms with Gasteiger partial charge in [0.1, 0.15) is 0 Å². The molecule has 0 spiro atoms. The van der Waals surface area contributed by atoms with E-state index in [1.807, 2.05) is 19.1 Å². The lowest BCUT2D eigenvalue weighted by atomic mass is 10.2. The van der Waals surface area contributed by atoms with Gasteiger partial charge in [-0.15, -0.1) is 11.3 Å². The van der Waals surface area contributed by atoms with Gasteiger partial charge < -0.3 is 8.92 Å². The molecule has 0 atom stereocenters. The SMILES string of the molecule is C/C=C/c1ccc(OS(=O)(=O)c2ccc(Br)s2)c(OC)c1. The van der Waals surface area contributed by atoms with Gasteiger partial charge in [0, 0.05) is 0 Å². The first kappa shape index (κ1) is 16.1. The lowest BCUT2D eigenvalue weighted by molar-refractivity contribution is 0.391. The molecule has 0 fully saturated rings. The van der Waals surface area contributed by atoms with Gasteiger partial charge in [-0.3, -0.25) is 0 Å². The maximum absolute atomic E-state index is 12.2. The minimum Gasteiger partial charge on any atom is -0.493 e. The first-order valence-corrected chi connectivity index (χ1v) is 8.98. The number of allylic oxidation sites excluding steroid dienone is 1. The fraction of sp³-hybridized carbons (Fsp3) is 0.143. The molecule has 2 rings (SSSR count). The van der Waals surface area contributed by atoms with E-state index in [1.54, 1.807) is 24.3 Å². The van der Waals surface area contributed by atoms with E-state index in [-0.39, 0.29) is 9.96 Å². The van der Waals surface area contributed by atoms with Gasteiger partial charge in [-0.05, 0) is 52.7 Å². The number of thiophene rings is 1. The molecule has 1 aromatic heterocycles. The van der Waals surface area contributed by atoms with Crippen molar-refractivity contribution in [1.82, 2.24) is 0 Å². The fourth-order valence-electron chi connectivity index (χ4n) is 1.64. The van der Waals surface area contributed by atoms with Gasteiger partial charge in [-0.1, -0.05) is 18.2 Å². The highest BCUT2D eigenvalue weighted by Gasteiger charge is 2.21. The molecule has 2 aromatic rings. The summed E-state index contributed by atoms with van der Waals surface area (Å²) in [7, 11) is -2.39. The summed E-state index contributed by atoms with van der Waals surface area (Å²) in [6, 6.07) is 8.21. The van der Waals surface area contributed by atoms with Crippen molar-refractivity contribution in [3.63, 3.8) is 0 Å². The van der Waals surface area contributed by atoms with Crippen LogP contribution in [0, 0.1) is 0 Å². The first-order valence-electron chi connectivity index (χ1n) is 5.97. The molecule has 0 amide bonds. The number of benzene rings is 1. The molecule has 0 saturated heterocycles. The molecule has 21 heavy (non-hydrogen) atoms. The van der Waals surface area contributed by atoms with Crippen LogP contribution in [-0.2, 0) is 10.1 Å². The maximum Gasteiger partial charge on any atom is 0.348 e. The molecule has 0 aliphatic heterocycles. The lowest BCUT2D eigenvalue weighted by Crippen LogP contribution is -2.08. The molecule has 0 N–H and O–H groups in total. The molecule has 7 heteroatoms. The third kappa shape index (κ3) is 3.87. The Kier molecular flexibility index (Phi) is 5.08. The molecular weight excluding hydrogens is 376 g/mol. The fourth-order valence-corrected chi connectivity index (χ4v) is 4.55. The average Bonchev–Trinajstić information content (AvgIpc) is 2.88. The second-order valence-corrected chi connectivity index (χ2v) is 8.24. The lowest BCUT2D eigenvalue weighted by Gasteiger charge is -2.10. The zero-order chi connectivity index (χ0) is 15.5. The Bertz CT molecular complexity index is 763. The van der Waals surface area contributed by atoms with Crippen LogP contribution in [0.2, 0.25) is 0 Å². The van der Waals surface area contributed by atoms with Crippen LogP contribution < -0.4 is 8.92 Å². The van der Waals surface area contributed by atoms with Crippen molar-refractivity contribution in [3.8, 4) is 11.5 Å². The molecule has 0 unspecified atom stereocenters. The van der Waals surface area contributed by atoms with Crippen molar-refractivity contribution < 1.29 is 17.3 Å². The van der Waals surface area contributed by atoms with Crippen LogP contribution >= 0.6 is 27.3 Å². The Morgan fingerprint density at radius 3 is 2.52 bits per heavy atom. The van der Waals surface area contributed by atoms with Gasteiger partial charge in [0.05, 0.1) is 10.9 Å². The van der Waals surface area contributed by atoms with Crippen LogP contribution in [0.5, 0.6) is 11.5 Å². The largest absolute Gasteiger partial charge is 0.493 e. The summed E-state index contributed by atoms with van der Waals surface area (Å²) in [6.45, 7) is 1.90. The predicted molar refractivity (Wildman–Crippen MR) is 87.5 cm³/mol. The molecule has 4 nitrogen and oxygen atoms in total. The van der Waals surface area contributed by atoms with Crippen LogP contribution in [0.3, 0.4) is 0 Å². The van der Waals surface area contributed by atoms with Gasteiger partial charge >= 0.3 is 10.1 Å². The number of rotatable bonds is 5. The van der Waals surface area contributed by atoms with Crippen molar-refractivity contribution in [1.29, 1.82) is 0 Å². The summed E-state index contributed by atoms with van der Waals surface area (Å²) in [6.07, 6.45) is 3.77. The third-order valence-electron chi connectivity index (χ3n) is 2.54. The molecule has 1 aromatic carbocycles. The van der Waals surface area contributed by atoms with E-state index >= 15 is 0 Å². The number of hydrogen-bond donors (Lipinski definition) is 0. The minimum atomic E-state index is -3.86. The number of ether oxygens (including phenoxy) is 1. The van der Waals surface area contributed by atoms with Gasteiger partial charge in [0.25, 0.3) is 0 Å². The second kappa shape index (κ2) is 6.64. The summed E-state index contributed by atoms with van der Waals surface area (Å²) in [4.78, 5) is 0. The van der Waals surface area contributed by atoms with Crippen molar-refractivity contribution in [2.75, 3.05) is 7.11 Å². The van der Waals surface area contributed by atoms with E-state index in [0.717, 1.165) is 20.7 Å². The summed E-state index contributed by atoms with van der Waals surface area (Å²) in [5.41, 5.74) is 0.901. The molecule has 0 aliphatic carbocycles. The zero-order valence-corrected chi connectivity index (χ0v) is 14.6. The monoisotopic (exact) mass is 388 g/mol. The highest BCUT2D eigenvalue weighted by atomic mass is 79.9. The van der Waals surface area contributed by atoms with Gasteiger partial charge in [0.2, 0.25) is 0 Å². The van der Waals surface area contributed by atoms with Crippen molar-refractivity contribution in [2.45, 2.75) is 11.1 Å². The number of methoxy groups -OCH3 is 1. The van der Waals surface area contributed by atoms with Crippen LogP contribution in [0.1, 0.15) is 12.5 Å². The normalized spacial score (nSPS) is 11.8. The Labute approximate surface area is 136 Å². The topological polar surface area (TPSA) is 52.6 Å². The van der Waals surface area contributed by atoms with Crippen LogP contribution in [0.4, 0.5) is 0 Å². The van der Waals surface area contributed by atoms with E-state index in [4.69, 9.17) is 8.92 Å². The average molecular weight is 389 g/mol. The number of hydrogen-bond acceptors (Lipinski definition) is 5. The van der Waals surface area contributed by atoms with E-state index in [2.05, 4.69) is 15.9 Å². The molecule has 0 radical (unpaired) electrons. The summed E-state index contributed by atoms with van der Waals surface area (Å²) < 4.78 is 35.6. The van der Waals surface area contributed by atoms with Gasteiger partial charge in [-0.2, -0.15) is 8.42 Å². The molecule has 0 saturated carbocycles. The van der Waals surface area contributed by atoms with Crippen molar-refractivity contribution in [2.24, 2.45) is 0 Å². The van der Waals surface area contributed by atoms with Crippen molar-refractivity contribution in [3.05, 3.63) is 45.8 Å². The summed E-state index contributed by atoms with van der Waals surface area (Å²) in [5.74, 6) is 0.528. The smallest absolute Gasteiger partial charge is 0.348 e. The third-order valence-corrected chi connectivity index (χ3v) is 5.85. The molecule has 0 bridgehead atoms. The van der Waals surface area contributed by atoms with E-state index in [1.165, 1.54) is 13.2 Å². The van der Waals surface area contributed by atoms with E-state index in [9.17, 15) is 8.42 Å². The molecule has 1 heterocycles. The van der Waals surface area contributed by atoms with E-state index in [0.29, 0.717) is 5.75 Å². The zero-order valence-electron chi connectivity index (χ0n) is 11.4. The summed E-state index contributed by atoms with van der Waals surface area (Å²) >= 11 is 4.32. The molecule has 0 aliphatic rings. The Hall–Kier alpha value is -1.31. The maximum atomic E-state index is 12.2. The minimum absolute atomic E-state index is 0.133. The van der Waals surface area contributed by atoms with Crippen LogP contribution in [0.15, 0.2) is 44.4 Å². The Morgan fingerprint density at radius 1 is 1.19 bits per heavy atom. The quantitative estimate of drug-likeness (QED) is 0.715. The molecular formula is C14H13BrO4S2. The van der Waals surface area contributed by atoms with Crippen LogP contribution in [0.25, 0.3) is 6.08 Å². The number of halogens is 1. The van der Waals surface area contributed by atoms with Gasteiger partial charge in [-0.25, -0.2) is 0 Å². The second-order valence-electron chi connectivity index (χ2n) is 4.01. The Morgan fingerprint density at radius 2 is 1.95 bits per heavy atom. The summed E-state index contributed by atoms with van der Waals surface area (Å²) in [5, 5.41) is 0. The molecule has 112 valence electrons. The highest BCUT2D eigenvalue weighted by Crippen LogP contribution is 2.33. The standard InChI is InChI=1S/C14H13BrO4S2/c1-3-4-10-5-6-11(12(9-10)18-2)19-21(16,17)14-8-7-13(15)20-14/h3-9H,1-2H3/b4-3+. The van der Waals surface area contributed by atoms with Crippen LogP contribution in [-0.4, -0.2) is 15.5 Å².